The van der Waals surface area contributed by atoms with Crippen LogP contribution in [0.25, 0.3) is 0 Å². The molecule has 1 fully saturated rings. The highest BCUT2D eigenvalue weighted by Gasteiger charge is 2.47. The van der Waals surface area contributed by atoms with Crippen molar-refractivity contribution in [1.82, 2.24) is 5.32 Å². The predicted octanol–water partition coefficient (Wildman–Crippen LogP) is 2.91. The Kier molecular flexibility index (Phi) is 4.65. The molecule has 0 heterocycles. The molecule has 4 heteroatoms. The van der Waals surface area contributed by atoms with Crippen LogP contribution in [-0.2, 0) is 9.59 Å². The highest BCUT2D eigenvalue weighted by Crippen LogP contribution is 2.45. The second-order valence-electron chi connectivity index (χ2n) is 6.83. The van der Waals surface area contributed by atoms with E-state index in [1.54, 1.807) is 0 Å². The van der Waals surface area contributed by atoms with Crippen LogP contribution in [0.5, 0.6) is 0 Å². The van der Waals surface area contributed by atoms with Gasteiger partial charge in [0.1, 0.15) is 0 Å². The molecule has 22 heavy (non-hydrogen) atoms. The molecule has 0 radical (unpaired) electrons. The standard InChI is InChI=1S/C18H25NO3/c20-17(19-11-10-12-4-2-1-3-5-12)15-13-6-8-14(9-7-13)16(15)18(21)22/h4,6,8,13-16H,1-3,5,7,9-11H2,(H,19,20)(H,21,22)/t13-,14-,15+,16+/m0/s1. The Balaban J connectivity index is 1.57. The highest BCUT2D eigenvalue weighted by molar-refractivity contribution is 5.86. The molecule has 4 aliphatic carbocycles. The van der Waals surface area contributed by atoms with Gasteiger partial charge in [-0.05, 0) is 56.8 Å². The van der Waals surface area contributed by atoms with Crippen molar-refractivity contribution < 1.29 is 14.7 Å². The summed E-state index contributed by atoms with van der Waals surface area (Å²) >= 11 is 0. The van der Waals surface area contributed by atoms with E-state index in [1.807, 2.05) is 6.08 Å². The molecule has 0 aromatic heterocycles. The Morgan fingerprint density at radius 3 is 2.45 bits per heavy atom. The van der Waals surface area contributed by atoms with Gasteiger partial charge in [-0.3, -0.25) is 9.59 Å². The van der Waals surface area contributed by atoms with Crippen LogP contribution in [0.3, 0.4) is 0 Å². The number of carboxylic acids is 1. The third-order valence-corrected chi connectivity index (χ3v) is 5.47. The molecule has 4 nitrogen and oxygen atoms in total. The molecule has 0 saturated heterocycles. The van der Waals surface area contributed by atoms with Crippen molar-refractivity contribution in [3.63, 3.8) is 0 Å². The topological polar surface area (TPSA) is 66.4 Å². The van der Waals surface area contributed by atoms with E-state index in [0.717, 1.165) is 32.1 Å². The molecule has 0 aromatic rings. The normalized spacial score (nSPS) is 33.4. The molecule has 4 rings (SSSR count). The molecule has 2 N–H and O–H groups in total. The number of allylic oxidation sites excluding steroid dienone is 3. The highest BCUT2D eigenvalue weighted by atomic mass is 16.4. The van der Waals surface area contributed by atoms with Crippen molar-refractivity contribution >= 4 is 11.9 Å². The van der Waals surface area contributed by atoms with Crippen molar-refractivity contribution in [1.29, 1.82) is 0 Å². The van der Waals surface area contributed by atoms with Gasteiger partial charge >= 0.3 is 5.97 Å². The molecule has 120 valence electrons. The Hall–Kier alpha value is -1.58. The number of amides is 1. The third kappa shape index (κ3) is 3.11. The Labute approximate surface area is 131 Å². The average Bonchev–Trinajstić information content (AvgIpc) is 2.55. The minimum Gasteiger partial charge on any atom is -0.481 e. The van der Waals surface area contributed by atoms with Gasteiger partial charge in [-0.1, -0.05) is 23.8 Å². The first-order chi connectivity index (χ1) is 10.7. The van der Waals surface area contributed by atoms with Crippen LogP contribution < -0.4 is 5.32 Å². The molecule has 0 unspecified atom stereocenters. The minimum atomic E-state index is -0.825. The van der Waals surface area contributed by atoms with Crippen molar-refractivity contribution in [2.75, 3.05) is 6.54 Å². The van der Waals surface area contributed by atoms with Crippen molar-refractivity contribution in [3.8, 4) is 0 Å². The number of carbonyl (C=O) groups is 2. The summed E-state index contributed by atoms with van der Waals surface area (Å²) in [5.74, 6) is -1.70. The Morgan fingerprint density at radius 1 is 1.14 bits per heavy atom. The molecule has 0 spiro atoms. The Morgan fingerprint density at radius 2 is 1.86 bits per heavy atom. The van der Waals surface area contributed by atoms with Gasteiger partial charge in [-0.15, -0.1) is 0 Å². The summed E-state index contributed by atoms with van der Waals surface area (Å²) in [7, 11) is 0. The Bertz CT molecular complexity index is 508. The predicted molar refractivity (Wildman–Crippen MR) is 84.1 cm³/mol. The van der Waals surface area contributed by atoms with E-state index >= 15 is 0 Å². The van der Waals surface area contributed by atoms with E-state index in [-0.39, 0.29) is 23.7 Å². The van der Waals surface area contributed by atoms with Crippen LogP contribution in [0.1, 0.15) is 44.9 Å². The summed E-state index contributed by atoms with van der Waals surface area (Å²) in [5, 5.41) is 12.5. The van der Waals surface area contributed by atoms with Gasteiger partial charge in [-0.2, -0.15) is 0 Å². The summed E-state index contributed by atoms with van der Waals surface area (Å²) in [4.78, 5) is 24.1. The zero-order valence-corrected chi connectivity index (χ0v) is 13.0. The lowest BCUT2D eigenvalue weighted by molar-refractivity contribution is -0.152. The van der Waals surface area contributed by atoms with E-state index in [4.69, 9.17) is 0 Å². The van der Waals surface area contributed by atoms with E-state index in [2.05, 4.69) is 17.5 Å². The first-order valence-electron chi connectivity index (χ1n) is 8.53. The molecule has 4 atom stereocenters. The quantitative estimate of drug-likeness (QED) is 0.767. The number of nitrogens with one attached hydrogen (secondary N) is 1. The summed E-state index contributed by atoms with van der Waals surface area (Å²) < 4.78 is 0. The molecule has 0 aliphatic heterocycles. The fourth-order valence-electron chi connectivity index (χ4n) is 4.28. The number of hydrogen-bond donors (Lipinski definition) is 2. The summed E-state index contributed by atoms with van der Waals surface area (Å²) in [6.07, 6.45) is 13.9. The zero-order valence-electron chi connectivity index (χ0n) is 13.0. The zero-order chi connectivity index (χ0) is 15.5. The van der Waals surface area contributed by atoms with E-state index in [1.165, 1.54) is 18.4 Å². The van der Waals surface area contributed by atoms with Crippen LogP contribution in [0.15, 0.2) is 23.8 Å². The molecule has 0 aromatic carbocycles. The number of hydrogen-bond acceptors (Lipinski definition) is 2. The summed E-state index contributed by atoms with van der Waals surface area (Å²) in [6, 6.07) is 0. The van der Waals surface area contributed by atoms with Crippen LogP contribution >= 0.6 is 0 Å². The lowest BCUT2D eigenvalue weighted by atomic mass is 9.62. The van der Waals surface area contributed by atoms with E-state index < -0.39 is 11.9 Å². The molecule has 1 amide bonds. The SMILES string of the molecule is O=C(O)[C@H]1[C@H](C(=O)NCCC2=CCCCC2)[C@H]2C=C[C@H]1CC2. The first kappa shape index (κ1) is 15.3. The van der Waals surface area contributed by atoms with Crippen LogP contribution in [0, 0.1) is 23.7 Å². The maximum Gasteiger partial charge on any atom is 0.307 e. The van der Waals surface area contributed by atoms with Crippen molar-refractivity contribution in [2.24, 2.45) is 23.7 Å². The van der Waals surface area contributed by atoms with Gasteiger partial charge in [0.15, 0.2) is 0 Å². The third-order valence-electron chi connectivity index (χ3n) is 5.47. The van der Waals surface area contributed by atoms with Gasteiger partial charge in [0.2, 0.25) is 5.91 Å². The number of carboxylic acid groups (broad SMARTS) is 1. The number of aliphatic carboxylic acids is 1. The van der Waals surface area contributed by atoms with Gasteiger partial charge in [0.25, 0.3) is 0 Å². The molecule has 1 saturated carbocycles. The lowest BCUT2D eigenvalue weighted by Crippen LogP contribution is -2.49. The number of carbonyl (C=O) groups excluding carboxylic acids is 1. The van der Waals surface area contributed by atoms with Gasteiger partial charge in [0, 0.05) is 6.54 Å². The van der Waals surface area contributed by atoms with E-state index in [0.29, 0.717) is 6.54 Å². The molecule has 4 aliphatic rings. The van der Waals surface area contributed by atoms with Gasteiger partial charge in [0.05, 0.1) is 11.8 Å². The second kappa shape index (κ2) is 6.67. The number of rotatable bonds is 5. The monoisotopic (exact) mass is 303 g/mol. The molecule has 2 bridgehead atoms. The van der Waals surface area contributed by atoms with Crippen LogP contribution in [-0.4, -0.2) is 23.5 Å². The average molecular weight is 303 g/mol. The summed E-state index contributed by atoms with van der Waals surface area (Å²) in [5.41, 5.74) is 1.44. The van der Waals surface area contributed by atoms with Gasteiger partial charge < -0.3 is 10.4 Å². The maximum atomic E-state index is 12.5. The van der Waals surface area contributed by atoms with Crippen LogP contribution in [0.2, 0.25) is 0 Å². The molecular weight excluding hydrogens is 278 g/mol. The maximum absolute atomic E-state index is 12.5. The summed E-state index contributed by atoms with van der Waals surface area (Å²) in [6.45, 7) is 0.634. The lowest BCUT2D eigenvalue weighted by Gasteiger charge is -2.41. The van der Waals surface area contributed by atoms with Gasteiger partial charge in [-0.25, -0.2) is 0 Å². The first-order valence-corrected chi connectivity index (χ1v) is 8.53. The largest absolute Gasteiger partial charge is 0.481 e. The van der Waals surface area contributed by atoms with Crippen molar-refractivity contribution in [2.45, 2.75) is 44.9 Å². The van der Waals surface area contributed by atoms with E-state index in [9.17, 15) is 14.7 Å². The second-order valence-corrected chi connectivity index (χ2v) is 6.83. The number of fused-ring (bicyclic) bond motifs is 2. The molecular formula is C18H25NO3. The smallest absolute Gasteiger partial charge is 0.307 e. The van der Waals surface area contributed by atoms with Crippen molar-refractivity contribution in [3.05, 3.63) is 23.8 Å². The minimum absolute atomic E-state index is 0.0271. The van der Waals surface area contributed by atoms with Crippen LogP contribution in [0.4, 0.5) is 0 Å². The fraction of sp³-hybridized carbons (Fsp3) is 0.667. The fourth-order valence-corrected chi connectivity index (χ4v) is 4.28.